The maximum Gasteiger partial charge on any atom is 0.274 e. The molecule has 6 rings (SSSR count). The standard InChI is InChI=1S/C32H38N6O3S/c1-19(2)36-10-11-38-22(17-36)14-28(34-38)33-25-12-20(15-35(6)30(25)40)23-8-7-9-26(24(23)18-39)37-16-21-13-27(32(3,4)5)42-29(21)31(37)41/h7-9,12-15,19,39H,10-11,16-18H2,1-6H3,(H,33,34). The van der Waals surface area contributed by atoms with Gasteiger partial charge in [-0.3, -0.25) is 19.2 Å². The third-order valence-electron chi connectivity index (χ3n) is 8.23. The van der Waals surface area contributed by atoms with Crippen LogP contribution in [0.4, 0.5) is 17.2 Å². The maximum absolute atomic E-state index is 13.5. The van der Waals surface area contributed by atoms with Gasteiger partial charge in [0.15, 0.2) is 5.82 Å². The molecule has 0 saturated heterocycles. The van der Waals surface area contributed by atoms with Crippen LogP contribution in [0.1, 0.15) is 66.0 Å². The lowest BCUT2D eigenvalue weighted by Gasteiger charge is -2.30. The number of hydrogen-bond acceptors (Lipinski definition) is 7. The molecule has 0 atom stereocenters. The number of carbonyl (C=O) groups excluding carboxylic acids is 1. The van der Waals surface area contributed by atoms with Crippen LogP contribution in [0.2, 0.25) is 0 Å². The Hall–Kier alpha value is -3.73. The zero-order chi connectivity index (χ0) is 29.9. The number of amides is 1. The molecule has 42 heavy (non-hydrogen) atoms. The summed E-state index contributed by atoms with van der Waals surface area (Å²) in [5.41, 5.74) is 5.19. The lowest BCUT2D eigenvalue weighted by molar-refractivity contribution is 0.0999. The molecule has 2 N–H and O–H groups in total. The summed E-state index contributed by atoms with van der Waals surface area (Å²) in [6.45, 7) is 13.6. The van der Waals surface area contributed by atoms with Gasteiger partial charge in [-0.15, -0.1) is 11.3 Å². The number of anilines is 3. The van der Waals surface area contributed by atoms with Crippen molar-refractivity contribution in [2.24, 2.45) is 7.05 Å². The molecule has 10 heteroatoms. The van der Waals surface area contributed by atoms with Gasteiger partial charge >= 0.3 is 0 Å². The van der Waals surface area contributed by atoms with Crippen molar-refractivity contribution in [1.29, 1.82) is 0 Å². The Kier molecular flexibility index (Phi) is 7.11. The minimum absolute atomic E-state index is 0.0182. The molecule has 0 bridgehead atoms. The first-order chi connectivity index (χ1) is 19.9. The fourth-order valence-corrected chi connectivity index (χ4v) is 6.97. The number of nitrogens with zero attached hydrogens (tertiary/aromatic N) is 5. The third kappa shape index (κ3) is 4.97. The Morgan fingerprint density at radius 3 is 2.57 bits per heavy atom. The predicted octanol–water partition coefficient (Wildman–Crippen LogP) is 5.23. The monoisotopic (exact) mass is 586 g/mol. The maximum atomic E-state index is 13.5. The molecule has 5 heterocycles. The van der Waals surface area contributed by atoms with Gasteiger partial charge < -0.3 is 19.9 Å². The van der Waals surface area contributed by atoms with Crippen LogP contribution in [0.15, 0.2) is 47.4 Å². The lowest BCUT2D eigenvalue weighted by atomic mass is 9.94. The first-order valence-corrected chi connectivity index (χ1v) is 15.2. The van der Waals surface area contributed by atoms with Crippen LogP contribution in [0.5, 0.6) is 0 Å². The van der Waals surface area contributed by atoms with Gasteiger partial charge in [0.25, 0.3) is 11.5 Å². The molecule has 220 valence electrons. The molecule has 0 aliphatic carbocycles. The van der Waals surface area contributed by atoms with Crippen molar-refractivity contribution in [3.05, 3.63) is 79.5 Å². The van der Waals surface area contributed by atoms with Crippen molar-refractivity contribution in [2.45, 2.75) is 72.3 Å². The number of aliphatic hydroxyl groups excluding tert-OH is 1. The van der Waals surface area contributed by atoms with Crippen molar-refractivity contribution in [1.82, 2.24) is 19.2 Å². The van der Waals surface area contributed by atoms with E-state index in [0.717, 1.165) is 46.9 Å². The number of fused-ring (bicyclic) bond motifs is 2. The average molecular weight is 587 g/mol. The Balaban J connectivity index is 1.32. The first-order valence-electron chi connectivity index (χ1n) is 14.4. The normalized spacial score (nSPS) is 15.4. The molecule has 1 amide bonds. The molecule has 0 radical (unpaired) electrons. The summed E-state index contributed by atoms with van der Waals surface area (Å²) in [7, 11) is 1.72. The number of hydrogen-bond donors (Lipinski definition) is 2. The van der Waals surface area contributed by atoms with Crippen molar-refractivity contribution in [2.75, 3.05) is 16.8 Å². The molecule has 2 aliphatic rings. The fourth-order valence-electron chi connectivity index (χ4n) is 5.80. The zero-order valence-corrected chi connectivity index (χ0v) is 25.9. The quantitative estimate of drug-likeness (QED) is 0.321. The number of thiophene rings is 1. The van der Waals surface area contributed by atoms with E-state index in [9.17, 15) is 14.7 Å². The average Bonchev–Trinajstić information content (AvgIpc) is 3.63. The Labute approximate surface area is 250 Å². The second kappa shape index (κ2) is 10.5. The highest BCUT2D eigenvalue weighted by molar-refractivity contribution is 7.14. The van der Waals surface area contributed by atoms with Gasteiger partial charge in [-0.2, -0.15) is 5.10 Å². The minimum Gasteiger partial charge on any atom is -0.392 e. The second-order valence-electron chi connectivity index (χ2n) is 12.6. The SMILES string of the molecule is CC(C)N1CCn2nc(Nc3cc(-c4cccc(N5Cc6cc(C(C)(C)C)sc6C5=O)c4CO)cn(C)c3=O)cc2C1. The number of benzene rings is 1. The summed E-state index contributed by atoms with van der Waals surface area (Å²) in [6, 6.07) is 12.1. The highest BCUT2D eigenvalue weighted by Crippen LogP contribution is 2.41. The summed E-state index contributed by atoms with van der Waals surface area (Å²) in [5.74, 6) is 0.587. The van der Waals surface area contributed by atoms with Crippen LogP contribution >= 0.6 is 11.3 Å². The van der Waals surface area contributed by atoms with E-state index in [1.807, 2.05) is 28.9 Å². The Morgan fingerprint density at radius 1 is 1.10 bits per heavy atom. The van der Waals surface area contributed by atoms with Crippen molar-refractivity contribution >= 4 is 34.4 Å². The number of rotatable bonds is 6. The number of aryl methyl sites for hydroxylation is 1. The topological polar surface area (TPSA) is 95.6 Å². The van der Waals surface area contributed by atoms with E-state index < -0.39 is 0 Å². The van der Waals surface area contributed by atoms with Crippen LogP contribution in [-0.2, 0) is 38.7 Å². The molecule has 1 aromatic carbocycles. The predicted molar refractivity (Wildman–Crippen MR) is 168 cm³/mol. The first kappa shape index (κ1) is 28.4. The van der Waals surface area contributed by atoms with E-state index in [0.29, 0.717) is 35.3 Å². The molecule has 4 aromatic rings. The molecule has 0 fully saturated rings. The number of aromatic nitrogens is 3. The van der Waals surface area contributed by atoms with Gasteiger partial charge in [-0.25, -0.2) is 0 Å². The van der Waals surface area contributed by atoms with Gasteiger partial charge in [0.05, 0.1) is 36.0 Å². The molecule has 3 aromatic heterocycles. The summed E-state index contributed by atoms with van der Waals surface area (Å²) in [6.07, 6.45) is 1.77. The fraction of sp³-hybridized carbons (Fsp3) is 0.406. The van der Waals surface area contributed by atoms with Crippen LogP contribution in [0, 0.1) is 0 Å². The van der Waals surface area contributed by atoms with Crippen LogP contribution < -0.4 is 15.8 Å². The van der Waals surface area contributed by atoms with Crippen molar-refractivity contribution in [3.63, 3.8) is 0 Å². The third-order valence-corrected chi connectivity index (χ3v) is 9.82. The molecule has 0 unspecified atom stereocenters. The molecular formula is C32H38N6O3S. The summed E-state index contributed by atoms with van der Waals surface area (Å²) in [4.78, 5) is 32.8. The van der Waals surface area contributed by atoms with Crippen molar-refractivity contribution < 1.29 is 9.90 Å². The smallest absolute Gasteiger partial charge is 0.274 e. The largest absolute Gasteiger partial charge is 0.392 e. The molecule has 0 spiro atoms. The lowest BCUT2D eigenvalue weighted by Crippen LogP contribution is -2.38. The van der Waals surface area contributed by atoms with Crippen molar-refractivity contribution in [3.8, 4) is 11.1 Å². The molecular weight excluding hydrogens is 548 g/mol. The molecule has 0 saturated carbocycles. The zero-order valence-electron chi connectivity index (χ0n) is 25.1. The van der Waals surface area contributed by atoms with Crippen LogP contribution in [-0.4, -0.2) is 42.8 Å². The highest BCUT2D eigenvalue weighted by Gasteiger charge is 2.34. The van der Waals surface area contributed by atoms with Crippen LogP contribution in [0.25, 0.3) is 11.1 Å². The van der Waals surface area contributed by atoms with Gasteiger partial charge in [0.2, 0.25) is 0 Å². The van der Waals surface area contributed by atoms with Gasteiger partial charge in [0, 0.05) is 54.4 Å². The number of carbonyl (C=O) groups is 1. The number of aliphatic hydroxyl groups is 1. The molecule has 2 aliphatic heterocycles. The van der Waals surface area contributed by atoms with E-state index in [1.54, 1.807) is 35.5 Å². The van der Waals surface area contributed by atoms with E-state index in [4.69, 9.17) is 5.10 Å². The molecule has 9 nitrogen and oxygen atoms in total. The van der Waals surface area contributed by atoms with E-state index in [2.05, 4.69) is 50.9 Å². The Morgan fingerprint density at radius 2 is 1.88 bits per heavy atom. The van der Waals surface area contributed by atoms with Gasteiger partial charge in [0.1, 0.15) is 5.69 Å². The summed E-state index contributed by atoms with van der Waals surface area (Å²) in [5, 5.41) is 18.5. The van der Waals surface area contributed by atoms with Gasteiger partial charge in [-0.1, -0.05) is 32.9 Å². The summed E-state index contributed by atoms with van der Waals surface area (Å²) >= 11 is 1.56. The van der Waals surface area contributed by atoms with Gasteiger partial charge in [-0.05, 0) is 48.6 Å². The second-order valence-corrected chi connectivity index (χ2v) is 13.6. The highest BCUT2D eigenvalue weighted by atomic mass is 32.1. The minimum atomic E-state index is -0.248. The number of nitrogens with one attached hydrogen (secondary N) is 1. The van der Waals surface area contributed by atoms with E-state index in [1.165, 1.54) is 9.44 Å². The summed E-state index contributed by atoms with van der Waals surface area (Å²) < 4.78 is 3.54. The van der Waals surface area contributed by atoms with E-state index >= 15 is 0 Å². The van der Waals surface area contributed by atoms with Crippen LogP contribution in [0.3, 0.4) is 0 Å². The Bertz CT molecular complexity index is 1740. The van der Waals surface area contributed by atoms with E-state index in [-0.39, 0.29) is 23.5 Å². The number of pyridine rings is 1.